The fourth-order valence-corrected chi connectivity index (χ4v) is 4.83. The number of nitrogens with one attached hydrogen (secondary N) is 2. The molecular weight excluding hydrogens is 421 g/mol. The van der Waals surface area contributed by atoms with Crippen LogP contribution < -0.4 is 5.32 Å². The molecule has 1 amide bonds. The molecule has 33 heavy (non-hydrogen) atoms. The van der Waals surface area contributed by atoms with Gasteiger partial charge in [-0.05, 0) is 68.1 Å². The second kappa shape index (κ2) is 9.41. The first-order chi connectivity index (χ1) is 16.1. The molecule has 1 aromatic carbocycles. The number of amides is 1. The molecule has 2 saturated heterocycles. The van der Waals surface area contributed by atoms with Gasteiger partial charge in [0.25, 0.3) is 5.91 Å². The number of carbonyl (C=O) groups is 1. The van der Waals surface area contributed by atoms with Crippen LogP contribution in [0.1, 0.15) is 35.3 Å². The Bertz CT molecular complexity index is 1080. The van der Waals surface area contributed by atoms with E-state index < -0.39 is 0 Å². The molecule has 2 fully saturated rings. The highest BCUT2D eigenvalue weighted by atomic mass is 19.1. The summed E-state index contributed by atoms with van der Waals surface area (Å²) >= 11 is 0. The molecule has 2 aliphatic heterocycles. The first kappa shape index (κ1) is 21.7. The van der Waals surface area contributed by atoms with Gasteiger partial charge in [0.05, 0.1) is 24.0 Å². The zero-order valence-corrected chi connectivity index (χ0v) is 18.5. The molecule has 4 heterocycles. The average molecular weight is 450 g/mol. The maximum Gasteiger partial charge on any atom is 0.252 e. The van der Waals surface area contributed by atoms with Crippen LogP contribution in [0.25, 0.3) is 11.3 Å². The van der Waals surface area contributed by atoms with Gasteiger partial charge < -0.3 is 10.1 Å². The quantitative estimate of drug-likeness (QED) is 0.603. The van der Waals surface area contributed by atoms with Crippen LogP contribution in [0.15, 0.2) is 54.9 Å². The molecule has 0 saturated carbocycles. The lowest BCUT2D eigenvalue weighted by Crippen LogP contribution is -2.40. The molecule has 0 radical (unpaired) electrons. The van der Waals surface area contributed by atoms with Crippen molar-refractivity contribution in [3.63, 3.8) is 0 Å². The van der Waals surface area contributed by atoms with Gasteiger partial charge in [0.1, 0.15) is 5.82 Å². The minimum Gasteiger partial charge on any atom is -0.376 e. The van der Waals surface area contributed by atoms with Crippen molar-refractivity contribution in [1.29, 1.82) is 0 Å². The summed E-state index contributed by atoms with van der Waals surface area (Å²) in [6.07, 6.45) is 6.55. The Morgan fingerprint density at radius 3 is 2.85 bits per heavy atom. The number of aromatic amines is 1. The van der Waals surface area contributed by atoms with E-state index in [0.717, 1.165) is 51.2 Å². The maximum atomic E-state index is 13.4. The lowest BCUT2D eigenvalue weighted by Gasteiger charge is -2.38. The maximum absolute atomic E-state index is 13.4. The first-order valence-electron chi connectivity index (χ1n) is 11.4. The van der Waals surface area contributed by atoms with Crippen LogP contribution in [0, 0.1) is 11.2 Å². The Labute approximate surface area is 192 Å². The van der Waals surface area contributed by atoms with Crippen molar-refractivity contribution in [2.24, 2.45) is 5.41 Å². The molecular formula is C25H28FN5O2. The molecule has 5 rings (SSSR count). The Morgan fingerprint density at radius 1 is 1.24 bits per heavy atom. The molecule has 2 aliphatic rings. The number of likely N-dealkylation sites (tertiary alicyclic amines) is 1. The number of hydrogen-bond donors (Lipinski definition) is 2. The number of carbonyl (C=O) groups excluding carboxylic acids is 1. The van der Waals surface area contributed by atoms with Crippen LogP contribution in [0.4, 0.5) is 4.39 Å². The van der Waals surface area contributed by atoms with Crippen molar-refractivity contribution in [2.45, 2.75) is 31.9 Å². The molecule has 8 heteroatoms. The van der Waals surface area contributed by atoms with Crippen LogP contribution in [-0.2, 0) is 11.3 Å². The molecule has 2 aromatic heterocycles. The molecule has 172 valence electrons. The molecule has 1 spiro atoms. The summed E-state index contributed by atoms with van der Waals surface area (Å²) in [5.74, 6) is -0.485. The summed E-state index contributed by atoms with van der Waals surface area (Å²) in [5, 5.41) is 10.0. The lowest BCUT2D eigenvalue weighted by molar-refractivity contribution is 0.0613. The summed E-state index contributed by atoms with van der Waals surface area (Å²) in [6.45, 7) is 4.25. The molecule has 0 aliphatic carbocycles. The van der Waals surface area contributed by atoms with Crippen LogP contribution in [0.3, 0.4) is 0 Å². The summed E-state index contributed by atoms with van der Waals surface area (Å²) in [5.41, 5.74) is 3.16. The van der Waals surface area contributed by atoms with Gasteiger partial charge in [0.15, 0.2) is 0 Å². The minimum absolute atomic E-state index is 0.0348. The van der Waals surface area contributed by atoms with E-state index in [-0.39, 0.29) is 23.2 Å². The number of benzene rings is 1. The van der Waals surface area contributed by atoms with Gasteiger partial charge in [-0.25, -0.2) is 4.39 Å². The normalized spacial score (nSPS) is 20.2. The van der Waals surface area contributed by atoms with Crippen LogP contribution >= 0.6 is 0 Å². The number of halogens is 1. The molecule has 1 atom stereocenters. The monoisotopic (exact) mass is 449 g/mol. The highest BCUT2D eigenvalue weighted by molar-refractivity contribution is 5.94. The van der Waals surface area contributed by atoms with E-state index >= 15 is 0 Å². The van der Waals surface area contributed by atoms with Gasteiger partial charge >= 0.3 is 0 Å². The SMILES string of the molecule is O=C(NCC1CC2(CCN(Cc3ccn[nH]3)CC2)CO1)c1ccc(-c2cccc(F)c2)nc1. The summed E-state index contributed by atoms with van der Waals surface area (Å²) in [6, 6.07) is 11.7. The zero-order valence-electron chi connectivity index (χ0n) is 18.5. The van der Waals surface area contributed by atoms with Gasteiger partial charge in [0.2, 0.25) is 0 Å². The Balaban J connectivity index is 1.09. The molecule has 0 bridgehead atoms. The predicted molar refractivity (Wildman–Crippen MR) is 122 cm³/mol. The molecule has 7 nitrogen and oxygen atoms in total. The van der Waals surface area contributed by atoms with Gasteiger partial charge in [-0.1, -0.05) is 12.1 Å². The number of rotatable bonds is 6. The molecule has 1 unspecified atom stereocenters. The summed E-state index contributed by atoms with van der Waals surface area (Å²) in [7, 11) is 0. The number of nitrogens with zero attached hydrogens (tertiary/aromatic N) is 3. The number of ether oxygens (including phenoxy) is 1. The minimum atomic E-state index is -0.311. The second-order valence-electron chi connectivity index (χ2n) is 9.15. The lowest BCUT2D eigenvalue weighted by atomic mass is 9.76. The smallest absolute Gasteiger partial charge is 0.252 e. The average Bonchev–Trinajstić information content (AvgIpc) is 3.49. The van der Waals surface area contributed by atoms with Crippen molar-refractivity contribution < 1.29 is 13.9 Å². The number of H-pyrrole nitrogens is 1. The Morgan fingerprint density at radius 2 is 2.12 bits per heavy atom. The van der Waals surface area contributed by atoms with E-state index in [9.17, 15) is 9.18 Å². The highest BCUT2D eigenvalue weighted by Gasteiger charge is 2.42. The summed E-state index contributed by atoms with van der Waals surface area (Å²) < 4.78 is 19.5. The predicted octanol–water partition coefficient (Wildman–Crippen LogP) is 3.41. The van der Waals surface area contributed by atoms with E-state index in [1.807, 2.05) is 6.07 Å². The van der Waals surface area contributed by atoms with Crippen LogP contribution in [0.5, 0.6) is 0 Å². The first-order valence-corrected chi connectivity index (χ1v) is 11.4. The standard InChI is InChI=1S/C25H28FN5O2/c26-20-3-1-2-18(12-20)23-5-4-19(14-27-23)24(32)28-15-22-13-25(17-33-22)7-10-31(11-8-25)16-21-6-9-29-30-21/h1-6,9,12,14,22H,7-8,10-11,13,15-17H2,(H,28,32)(H,29,30). The largest absolute Gasteiger partial charge is 0.376 e. The van der Waals surface area contributed by atoms with E-state index in [1.165, 1.54) is 18.3 Å². The highest BCUT2D eigenvalue weighted by Crippen LogP contribution is 2.42. The van der Waals surface area contributed by atoms with E-state index in [0.29, 0.717) is 23.4 Å². The number of pyridine rings is 1. The molecule has 3 aromatic rings. The molecule has 2 N–H and O–H groups in total. The van der Waals surface area contributed by atoms with Gasteiger partial charge in [0, 0.05) is 36.7 Å². The van der Waals surface area contributed by atoms with E-state index in [1.54, 1.807) is 30.5 Å². The van der Waals surface area contributed by atoms with Crippen molar-refractivity contribution in [2.75, 3.05) is 26.2 Å². The number of aromatic nitrogens is 3. The van der Waals surface area contributed by atoms with E-state index in [4.69, 9.17) is 4.74 Å². The van der Waals surface area contributed by atoms with Gasteiger partial charge in [-0.3, -0.25) is 19.8 Å². The number of piperidine rings is 1. The van der Waals surface area contributed by atoms with Gasteiger partial charge in [-0.2, -0.15) is 5.10 Å². The third-order valence-corrected chi connectivity index (χ3v) is 6.79. The van der Waals surface area contributed by atoms with Crippen molar-refractivity contribution in [1.82, 2.24) is 25.4 Å². The zero-order chi connectivity index (χ0) is 22.7. The topological polar surface area (TPSA) is 83.1 Å². The van der Waals surface area contributed by atoms with Crippen molar-refractivity contribution >= 4 is 5.91 Å². The fraction of sp³-hybridized carbons (Fsp3) is 0.400. The van der Waals surface area contributed by atoms with Crippen LogP contribution in [0.2, 0.25) is 0 Å². The summed E-state index contributed by atoms with van der Waals surface area (Å²) in [4.78, 5) is 19.4. The second-order valence-corrected chi connectivity index (χ2v) is 9.15. The third-order valence-electron chi connectivity index (χ3n) is 6.79. The number of hydrogen-bond acceptors (Lipinski definition) is 5. The fourth-order valence-electron chi connectivity index (χ4n) is 4.83. The Hall–Kier alpha value is -3.10. The van der Waals surface area contributed by atoms with E-state index in [2.05, 4.69) is 25.4 Å². The van der Waals surface area contributed by atoms with Gasteiger partial charge in [-0.15, -0.1) is 0 Å². The Kier molecular flexibility index (Phi) is 6.20. The van der Waals surface area contributed by atoms with Crippen LogP contribution in [-0.4, -0.2) is 58.3 Å². The third kappa shape index (κ3) is 5.12. The van der Waals surface area contributed by atoms with Crippen molar-refractivity contribution in [3.8, 4) is 11.3 Å². The van der Waals surface area contributed by atoms with Crippen molar-refractivity contribution in [3.05, 3.63) is 71.9 Å².